The van der Waals surface area contributed by atoms with E-state index in [1.54, 1.807) is 0 Å². The van der Waals surface area contributed by atoms with Crippen LogP contribution in [0.15, 0.2) is 47.7 Å². The molecule has 48 heavy (non-hydrogen) atoms. The largest absolute Gasteiger partial charge is 0.481 e. The van der Waals surface area contributed by atoms with Crippen LogP contribution in [0.4, 0.5) is 26.2 Å². The number of aromatic amines is 2. The highest BCUT2D eigenvalue weighted by atomic mass is 35.5. The third-order valence-electron chi connectivity index (χ3n) is 6.85. The number of halogens is 4. The number of nitrogens with zero attached hydrogens (tertiary/aromatic N) is 5. The van der Waals surface area contributed by atoms with Crippen molar-refractivity contribution < 1.29 is 33.6 Å². The number of nitrogens with two attached hydrogens (primary N) is 2. The number of carbonyl (C=O) groups is 1. The summed E-state index contributed by atoms with van der Waals surface area (Å²) in [7, 11) is 0. The lowest BCUT2D eigenvalue weighted by atomic mass is 10.1. The first-order valence-electron chi connectivity index (χ1n) is 14.4. The standard InChI is InChI=1S/C14H19Cl2NO2.C9H11F2N3O4.C5H5N5S/c15-8-10-17(11-9-16)13-6-4-12(5-7-13)2-1-3-14(18)19;10-9(11)6(16)4(3-15)18-7(9)14-2-1-5(12)13-8(14)17;6-5-9-3-2(4(11)10-5)7-1-8-3/h4-7H,1-3,8-11H2,(H,18,19);1-2,4,6-7,15-16H,3H2,(H2,12,13,17);1H,(H4,6,7,8,9,10,11)/t;4-,6-,7-;/m.1./s1. The van der Waals surface area contributed by atoms with E-state index in [2.05, 4.69) is 29.8 Å². The zero-order valence-corrected chi connectivity index (χ0v) is 27.6. The number of nitrogen functional groups attached to an aromatic ring is 2. The highest BCUT2D eigenvalue weighted by Gasteiger charge is 2.59. The predicted octanol–water partition coefficient (Wildman–Crippen LogP) is 2.69. The molecule has 1 saturated heterocycles. The van der Waals surface area contributed by atoms with E-state index in [0.29, 0.717) is 38.6 Å². The zero-order chi connectivity index (χ0) is 35.4. The number of hydrogen-bond donors (Lipinski definition) is 7. The van der Waals surface area contributed by atoms with Crippen LogP contribution >= 0.6 is 35.4 Å². The van der Waals surface area contributed by atoms with Crippen LogP contribution < -0.4 is 22.1 Å². The van der Waals surface area contributed by atoms with Gasteiger partial charge in [-0.15, -0.1) is 23.2 Å². The Balaban J connectivity index is 0.000000202. The van der Waals surface area contributed by atoms with Crippen molar-refractivity contribution in [3.8, 4) is 0 Å². The van der Waals surface area contributed by atoms with Gasteiger partial charge in [-0.2, -0.15) is 13.8 Å². The van der Waals surface area contributed by atoms with Crippen molar-refractivity contribution in [3.05, 3.63) is 63.5 Å². The maximum absolute atomic E-state index is 13.7. The minimum Gasteiger partial charge on any atom is -0.481 e. The normalized spacial score (nSPS) is 18.0. The Hall–Kier alpha value is -3.94. The van der Waals surface area contributed by atoms with Gasteiger partial charge >= 0.3 is 17.6 Å². The van der Waals surface area contributed by atoms with Crippen LogP contribution in [-0.2, 0) is 16.0 Å². The summed E-state index contributed by atoms with van der Waals surface area (Å²) in [6.07, 6.45) is -1.48. The lowest BCUT2D eigenvalue weighted by molar-refractivity contribution is -0.141. The lowest BCUT2D eigenvalue weighted by Crippen LogP contribution is -2.41. The number of imidazole rings is 1. The van der Waals surface area contributed by atoms with E-state index in [1.807, 2.05) is 24.3 Å². The van der Waals surface area contributed by atoms with Gasteiger partial charge in [0.2, 0.25) is 12.2 Å². The second-order valence-electron chi connectivity index (χ2n) is 10.2. The van der Waals surface area contributed by atoms with Gasteiger partial charge in [0.15, 0.2) is 16.4 Å². The topological polar surface area (TPSA) is 235 Å². The van der Waals surface area contributed by atoms with Gasteiger partial charge in [-0.25, -0.2) is 14.8 Å². The Morgan fingerprint density at radius 3 is 2.38 bits per heavy atom. The summed E-state index contributed by atoms with van der Waals surface area (Å²) in [6.45, 7) is 0.754. The van der Waals surface area contributed by atoms with Crippen LogP contribution in [0, 0.1) is 4.64 Å². The number of anilines is 3. The van der Waals surface area contributed by atoms with Crippen molar-refractivity contribution in [2.45, 2.75) is 43.6 Å². The summed E-state index contributed by atoms with van der Waals surface area (Å²) < 4.78 is 33.1. The van der Waals surface area contributed by atoms with E-state index in [4.69, 9.17) is 61.8 Å². The van der Waals surface area contributed by atoms with Crippen LogP contribution in [0.3, 0.4) is 0 Å². The Morgan fingerprint density at radius 1 is 1.15 bits per heavy atom. The number of fused-ring (bicyclic) bond motifs is 1. The van der Waals surface area contributed by atoms with Gasteiger partial charge in [0.1, 0.15) is 17.4 Å². The summed E-state index contributed by atoms with van der Waals surface area (Å²) in [5.74, 6) is -3.15. The molecule has 4 aromatic rings. The van der Waals surface area contributed by atoms with Crippen LogP contribution in [0.25, 0.3) is 11.2 Å². The van der Waals surface area contributed by atoms with Crippen LogP contribution in [0.1, 0.15) is 24.6 Å². The molecule has 1 aromatic carbocycles. The van der Waals surface area contributed by atoms with Gasteiger partial charge in [0.25, 0.3) is 0 Å². The minimum atomic E-state index is -3.71. The fraction of sp³-hybridized carbons (Fsp3) is 0.429. The number of carboxylic acids is 1. The maximum Gasteiger partial charge on any atom is 0.351 e. The maximum atomic E-state index is 13.7. The molecule has 20 heteroatoms. The van der Waals surface area contributed by atoms with Crippen molar-refractivity contribution in [1.82, 2.24) is 29.5 Å². The first-order chi connectivity index (χ1) is 22.8. The average Bonchev–Trinajstić information content (AvgIpc) is 3.60. The molecule has 0 radical (unpaired) electrons. The average molecular weight is 735 g/mol. The fourth-order valence-electron chi connectivity index (χ4n) is 4.48. The molecular weight excluding hydrogens is 699 g/mol. The molecule has 0 aliphatic carbocycles. The van der Waals surface area contributed by atoms with E-state index in [-0.39, 0.29) is 18.2 Å². The summed E-state index contributed by atoms with van der Waals surface area (Å²) in [5.41, 5.74) is 13.2. The third kappa shape index (κ3) is 10.3. The third-order valence-corrected chi connectivity index (χ3v) is 7.49. The number of benzene rings is 1. The molecule has 9 N–H and O–H groups in total. The molecular formula is C28H35Cl2F2N9O6S. The van der Waals surface area contributed by atoms with E-state index >= 15 is 0 Å². The van der Waals surface area contributed by atoms with Crippen LogP contribution in [0.5, 0.6) is 0 Å². The number of H-pyrrole nitrogens is 2. The van der Waals surface area contributed by atoms with E-state index < -0.39 is 42.6 Å². The van der Waals surface area contributed by atoms with Crippen molar-refractivity contribution in [1.29, 1.82) is 0 Å². The van der Waals surface area contributed by atoms with Crippen molar-refractivity contribution in [2.75, 3.05) is 47.8 Å². The molecule has 3 aromatic heterocycles. The van der Waals surface area contributed by atoms with Crippen molar-refractivity contribution in [2.24, 2.45) is 0 Å². The Bertz CT molecular complexity index is 1740. The number of aromatic nitrogens is 6. The number of hydrogen-bond acceptors (Lipinski definition) is 12. The van der Waals surface area contributed by atoms with Gasteiger partial charge in [-0.05, 0) is 36.6 Å². The van der Waals surface area contributed by atoms with Crippen molar-refractivity contribution >= 4 is 70.0 Å². The van der Waals surface area contributed by atoms with Gasteiger partial charge < -0.3 is 46.4 Å². The second kappa shape index (κ2) is 18.0. The number of alkyl halides is 4. The number of aliphatic hydroxyl groups is 2. The molecule has 1 fully saturated rings. The number of aryl methyl sites for hydroxylation is 1. The second-order valence-corrected chi connectivity index (χ2v) is 11.3. The van der Waals surface area contributed by atoms with Crippen LogP contribution in [0.2, 0.25) is 0 Å². The predicted molar refractivity (Wildman–Crippen MR) is 179 cm³/mol. The van der Waals surface area contributed by atoms with Gasteiger partial charge in [0.05, 0.1) is 12.9 Å². The van der Waals surface area contributed by atoms with Gasteiger partial charge in [0, 0.05) is 43.2 Å². The van der Waals surface area contributed by atoms with E-state index in [9.17, 15) is 23.5 Å². The number of nitrogens with one attached hydrogen (secondary N) is 2. The smallest absolute Gasteiger partial charge is 0.351 e. The highest BCUT2D eigenvalue weighted by Crippen LogP contribution is 2.41. The van der Waals surface area contributed by atoms with Crippen molar-refractivity contribution in [3.63, 3.8) is 0 Å². The number of aliphatic hydroxyl groups excluding tert-OH is 2. The Labute approximate surface area is 287 Å². The highest BCUT2D eigenvalue weighted by molar-refractivity contribution is 7.71. The molecule has 0 unspecified atom stereocenters. The molecule has 1 aliphatic rings. The number of carboxylic acid groups (broad SMARTS) is 1. The van der Waals surface area contributed by atoms with Gasteiger partial charge in [-0.3, -0.25) is 9.36 Å². The quantitative estimate of drug-likeness (QED) is 0.0869. The number of ether oxygens (including phenoxy) is 1. The van der Waals surface area contributed by atoms with E-state index in [1.165, 1.54) is 6.33 Å². The first-order valence-corrected chi connectivity index (χ1v) is 15.8. The van der Waals surface area contributed by atoms with E-state index in [0.717, 1.165) is 43.0 Å². The Kier molecular flexibility index (Phi) is 14.4. The molecule has 0 saturated carbocycles. The molecule has 262 valence electrons. The SMILES string of the molecule is Nc1ccn([C@@H]2O[C@H](CO)[C@@H](O)C2(F)F)c(=O)n1.Nc1nc(=S)c2[nH]cnc2[nH]1.O=C(O)CCCc1ccc(N(CCCl)CCCl)cc1. The first kappa shape index (κ1) is 38.5. The van der Waals surface area contributed by atoms with Gasteiger partial charge in [-0.1, -0.05) is 24.4 Å². The molecule has 0 spiro atoms. The molecule has 4 heterocycles. The molecule has 5 rings (SSSR count). The summed E-state index contributed by atoms with van der Waals surface area (Å²) >= 11 is 16.5. The fourth-order valence-corrected chi connectivity index (χ4v) is 5.14. The molecule has 3 atom stereocenters. The monoisotopic (exact) mass is 733 g/mol. The zero-order valence-electron chi connectivity index (χ0n) is 25.3. The Morgan fingerprint density at radius 2 is 1.81 bits per heavy atom. The minimum absolute atomic E-state index is 0.114. The lowest BCUT2D eigenvalue weighted by Gasteiger charge is -2.23. The molecule has 15 nitrogen and oxygen atoms in total. The molecule has 0 bridgehead atoms. The summed E-state index contributed by atoms with van der Waals surface area (Å²) in [6, 6.07) is 9.29. The summed E-state index contributed by atoms with van der Waals surface area (Å²) in [4.78, 5) is 40.7. The molecule has 0 amide bonds. The van der Waals surface area contributed by atoms with Crippen LogP contribution in [-0.4, -0.2) is 100 Å². The molecule has 1 aliphatic heterocycles. The summed E-state index contributed by atoms with van der Waals surface area (Å²) in [5, 5.41) is 26.7. The number of rotatable bonds is 11. The number of aliphatic carboxylic acids is 1.